The van der Waals surface area contributed by atoms with Crippen LogP contribution in [0.15, 0.2) is 71.7 Å². The number of hydrogen-bond donors (Lipinski definition) is 1. The van der Waals surface area contributed by atoms with E-state index in [2.05, 4.69) is 10.3 Å². The number of aromatic nitrogens is 2. The monoisotopic (exact) mass is 440 g/mol. The topological polar surface area (TPSA) is 107 Å². The molecule has 0 atom stereocenters. The van der Waals surface area contributed by atoms with Gasteiger partial charge in [0.25, 0.3) is 0 Å². The predicted octanol–water partition coefficient (Wildman–Crippen LogP) is 2.60. The van der Waals surface area contributed by atoms with E-state index in [0.717, 1.165) is 4.26 Å². The average molecular weight is 439 g/mol. The van der Waals surface area contributed by atoms with Crippen LogP contribution < -0.4 is 10.9 Å². The molecular weight excluding hydrogens is 427 g/mol. The molecule has 9 heteroatoms. The van der Waals surface area contributed by atoms with Crippen LogP contribution in [0.2, 0.25) is 0 Å². The number of pyridine rings is 1. The van der Waals surface area contributed by atoms with Gasteiger partial charge in [-0.15, -0.1) is 0 Å². The molecule has 28 heavy (non-hydrogen) atoms. The van der Waals surface area contributed by atoms with Crippen molar-refractivity contribution in [2.24, 2.45) is 0 Å². The van der Waals surface area contributed by atoms with E-state index < -0.39 is 10.8 Å². The van der Waals surface area contributed by atoms with Gasteiger partial charge in [-0.2, -0.15) is 0 Å². The van der Waals surface area contributed by atoms with Gasteiger partial charge < -0.3 is 0 Å². The van der Waals surface area contributed by atoms with Crippen LogP contribution in [0, 0.1) is 10.1 Å². The number of anilines is 1. The fraction of sp³-hybridized carbons (Fsp3) is 0. The van der Waals surface area contributed by atoms with Crippen LogP contribution in [0.4, 0.5) is 11.4 Å². The van der Waals surface area contributed by atoms with E-state index in [0.29, 0.717) is 11.1 Å². The van der Waals surface area contributed by atoms with Gasteiger partial charge in [0, 0.05) is 0 Å². The normalized spacial score (nSPS) is 10.7. The van der Waals surface area contributed by atoms with Crippen molar-refractivity contribution in [1.82, 2.24) is 8.55 Å². The Balaban J connectivity index is 1.75. The van der Waals surface area contributed by atoms with Gasteiger partial charge >= 0.3 is 164 Å². The maximum atomic E-state index is 12.6. The Morgan fingerprint density at radius 3 is 2.61 bits per heavy atom. The van der Waals surface area contributed by atoms with E-state index in [-0.39, 0.29) is 37.4 Å². The first-order valence-electron chi connectivity index (χ1n) is 8.17. The van der Waals surface area contributed by atoms with Gasteiger partial charge in [0.2, 0.25) is 0 Å². The molecule has 2 heterocycles. The van der Waals surface area contributed by atoms with Gasteiger partial charge in [0.15, 0.2) is 0 Å². The fourth-order valence-corrected chi connectivity index (χ4v) is 4.81. The van der Waals surface area contributed by atoms with Gasteiger partial charge in [0.1, 0.15) is 0 Å². The molecule has 0 radical (unpaired) electrons. The Labute approximate surface area is 164 Å². The average Bonchev–Trinajstić information content (AvgIpc) is 3.05. The summed E-state index contributed by atoms with van der Waals surface area (Å²) in [6, 6.07) is 16.4. The third-order valence-corrected chi connectivity index (χ3v) is 6.38. The molecule has 1 N–H and O–H groups in total. The number of carbonyl (C=O) groups excluding carboxylic acids is 1. The van der Waals surface area contributed by atoms with Crippen molar-refractivity contribution in [3.05, 3.63) is 93.0 Å². The minimum absolute atomic E-state index is 0.0427. The molecule has 0 spiro atoms. The van der Waals surface area contributed by atoms with Crippen molar-refractivity contribution in [3.63, 3.8) is 0 Å². The van der Waals surface area contributed by atoms with Crippen LogP contribution in [0.5, 0.6) is 0 Å². The van der Waals surface area contributed by atoms with E-state index in [1.807, 2.05) is 12.1 Å². The van der Waals surface area contributed by atoms with Crippen molar-refractivity contribution in [1.29, 1.82) is 0 Å². The number of hydrogen-bond acceptors (Lipinski definition) is 5. The summed E-state index contributed by atoms with van der Waals surface area (Å²) in [6.45, 7) is 0. The molecule has 138 valence electrons. The third-order valence-electron chi connectivity index (χ3n) is 4.05. The Morgan fingerprint density at radius 2 is 1.89 bits per heavy atom. The van der Waals surface area contributed by atoms with E-state index in [4.69, 9.17) is 0 Å². The Kier molecular flexibility index (Phi) is 4.60. The SMILES string of the molecule is O=C(Nc1ccc(-n2[se]c3ccccc3c2=O)cc1[N+](=O)[O-])c1ccccn1. The second-order valence-electron chi connectivity index (χ2n) is 5.81. The molecule has 0 aliphatic heterocycles. The Morgan fingerprint density at radius 1 is 1.11 bits per heavy atom. The molecule has 2 aromatic carbocycles. The van der Waals surface area contributed by atoms with Gasteiger partial charge in [0.05, 0.1) is 0 Å². The van der Waals surface area contributed by atoms with Crippen LogP contribution in [-0.4, -0.2) is 34.1 Å². The number of nitrogens with zero attached hydrogens (tertiary/aromatic N) is 3. The summed E-state index contributed by atoms with van der Waals surface area (Å²) in [4.78, 5) is 39.8. The molecule has 0 unspecified atom stereocenters. The Hall–Kier alpha value is -3.55. The van der Waals surface area contributed by atoms with E-state index in [1.54, 1.807) is 30.3 Å². The van der Waals surface area contributed by atoms with Crippen molar-refractivity contribution in [2.45, 2.75) is 0 Å². The summed E-state index contributed by atoms with van der Waals surface area (Å²) in [5.74, 6) is -0.551. The predicted molar refractivity (Wildman–Crippen MR) is 105 cm³/mol. The molecule has 0 aliphatic rings. The molecule has 0 aliphatic carbocycles. The molecule has 0 saturated heterocycles. The molecule has 0 bridgehead atoms. The van der Waals surface area contributed by atoms with Crippen LogP contribution >= 0.6 is 0 Å². The van der Waals surface area contributed by atoms with Gasteiger partial charge in [-0.05, 0) is 0 Å². The van der Waals surface area contributed by atoms with Gasteiger partial charge in [-0.25, -0.2) is 0 Å². The van der Waals surface area contributed by atoms with Gasteiger partial charge in [-0.1, -0.05) is 0 Å². The van der Waals surface area contributed by atoms with Gasteiger partial charge in [-0.3, -0.25) is 0 Å². The quantitative estimate of drug-likeness (QED) is 0.299. The zero-order valence-electron chi connectivity index (χ0n) is 14.2. The van der Waals surface area contributed by atoms with Crippen LogP contribution in [0.25, 0.3) is 15.3 Å². The number of benzene rings is 2. The van der Waals surface area contributed by atoms with Crippen molar-refractivity contribution >= 4 is 41.7 Å². The number of amides is 1. The maximum absolute atomic E-state index is 12.6. The van der Waals surface area contributed by atoms with Crippen LogP contribution in [0.1, 0.15) is 10.5 Å². The number of carbonyl (C=O) groups is 1. The number of nitro groups is 1. The number of fused-ring (bicyclic) bond motifs is 1. The molecule has 8 nitrogen and oxygen atoms in total. The summed E-state index contributed by atoms with van der Waals surface area (Å²) < 4.78 is 2.46. The van der Waals surface area contributed by atoms with E-state index in [9.17, 15) is 19.7 Å². The zero-order chi connectivity index (χ0) is 19.7. The Bertz CT molecular complexity index is 1260. The second kappa shape index (κ2) is 7.22. The third kappa shape index (κ3) is 3.24. The van der Waals surface area contributed by atoms with E-state index >= 15 is 0 Å². The van der Waals surface area contributed by atoms with Crippen LogP contribution in [-0.2, 0) is 0 Å². The summed E-state index contributed by atoms with van der Waals surface area (Å²) >= 11 is -0.305. The fourth-order valence-electron chi connectivity index (χ4n) is 2.73. The molecule has 1 amide bonds. The minimum atomic E-state index is -0.585. The first-order chi connectivity index (χ1) is 13.5. The number of nitrogens with one attached hydrogen (secondary N) is 1. The first kappa shape index (κ1) is 17.8. The number of nitro benzene ring substituents is 1. The molecule has 4 aromatic rings. The molecule has 0 fully saturated rings. The molecule has 2 aromatic heterocycles. The summed E-state index contributed by atoms with van der Waals surface area (Å²) in [5, 5.41) is 14.7. The van der Waals surface area contributed by atoms with Crippen LogP contribution in [0.3, 0.4) is 0 Å². The van der Waals surface area contributed by atoms with Crippen molar-refractivity contribution < 1.29 is 9.72 Å². The van der Waals surface area contributed by atoms with Crippen molar-refractivity contribution in [2.75, 3.05) is 5.32 Å². The second-order valence-corrected chi connectivity index (χ2v) is 7.89. The van der Waals surface area contributed by atoms with E-state index in [1.165, 1.54) is 28.0 Å². The molecule has 0 saturated carbocycles. The summed E-state index contributed by atoms with van der Waals surface area (Å²) in [5.41, 5.74) is 0.135. The standard InChI is InChI=1S/C19H12N4O4Se/c24-18(15-6-3-4-10-20-15)21-14-9-8-12(11-16(14)23(26)27)22-19(25)13-5-1-2-7-17(13)28-22/h1-11H,(H,21,24). The number of rotatable bonds is 4. The first-order valence-corrected chi connectivity index (χ1v) is 9.79. The molecular formula is C19H12N4O4Se. The zero-order valence-corrected chi connectivity index (χ0v) is 15.9. The molecule has 4 rings (SSSR count). The summed E-state index contributed by atoms with van der Waals surface area (Å²) in [6.07, 6.45) is 1.46. The van der Waals surface area contributed by atoms with Crippen molar-refractivity contribution in [3.8, 4) is 5.69 Å². The summed E-state index contributed by atoms with van der Waals surface area (Å²) in [7, 11) is 0.